The maximum Gasteiger partial charge on any atom is 0.316 e. The molecule has 0 aliphatic carbocycles. The molecule has 0 amide bonds. The minimum Gasteiger partial charge on any atom is -0.480 e. The standard InChI is InChI=1S/C6H9NO2S/c1-4(7-2)3-5(10)6(8)9/h5,10H,1-3H2,(H,8,9)/t5-/m0/s1. The Kier molecular flexibility index (Phi) is 3.79. The van der Waals surface area contributed by atoms with Crippen molar-refractivity contribution in [2.24, 2.45) is 4.99 Å². The van der Waals surface area contributed by atoms with Crippen LogP contribution < -0.4 is 0 Å². The summed E-state index contributed by atoms with van der Waals surface area (Å²) in [6, 6.07) is 0. The number of carboxylic acids is 1. The van der Waals surface area contributed by atoms with Gasteiger partial charge in [0, 0.05) is 12.1 Å². The van der Waals surface area contributed by atoms with Crippen LogP contribution in [0.3, 0.4) is 0 Å². The minimum atomic E-state index is -0.965. The van der Waals surface area contributed by atoms with Gasteiger partial charge in [0.15, 0.2) is 0 Å². The van der Waals surface area contributed by atoms with Gasteiger partial charge in [-0.25, -0.2) is 0 Å². The van der Waals surface area contributed by atoms with Crippen molar-refractivity contribution in [3.63, 3.8) is 0 Å². The summed E-state index contributed by atoms with van der Waals surface area (Å²) in [5.74, 6) is -0.965. The van der Waals surface area contributed by atoms with Crippen LogP contribution in [0, 0.1) is 0 Å². The average Bonchev–Trinajstić information content (AvgIpc) is 1.87. The third kappa shape index (κ3) is 3.29. The van der Waals surface area contributed by atoms with E-state index >= 15 is 0 Å². The molecule has 0 rings (SSSR count). The summed E-state index contributed by atoms with van der Waals surface area (Å²) in [6.45, 7) is 6.65. The highest BCUT2D eigenvalue weighted by atomic mass is 32.1. The van der Waals surface area contributed by atoms with E-state index in [2.05, 4.69) is 30.9 Å². The number of rotatable bonds is 4. The Morgan fingerprint density at radius 3 is 2.60 bits per heavy atom. The monoisotopic (exact) mass is 159 g/mol. The molecule has 0 fully saturated rings. The van der Waals surface area contributed by atoms with Crippen molar-refractivity contribution in [2.45, 2.75) is 11.7 Å². The Labute approximate surface area is 64.9 Å². The highest BCUT2D eigenvalue weighted by Gasteiger charge is 2.11. The quantitative estimate of drug-likeness (QED) is 0.474. The molecule has 0 heterocycles. The Morgan fingerprint density at radius 2 is 2.30 bits per heavy atom. The molecule has 0 saturated heterocycles. The van der Waals surface area contributed by atoms with Gasteiger partial charge in [0.05, 0.1) is 0 Å². The molecule has 4 heteroatoms. The number of carbonyl (C=O) groups is 1. The molecule has 0 bridgehead atoms. The summed E-state index contributed by atoms with van der Waals surface area (Å²) in [5, 5.41) is 7.62. The number of allylic oxidation sites excluding steroid dienone is 1. The number of hydrogen-bond donors (Lipinski definition) is 2. The zero-order chi connectivity index (χ0) is 8.15. The molecule has 0 aromatic carbocycles. The predicted octanol–water partition coefficient (Wildman–Crippen LogP) is 0.974. The molecule has 0 spiro atoms. The molecule has 3 nitrogen and oxygen atoms in total. The Balaban J connectivity index is 3.79. The molecule has 0 aliphatic heterocycles. The first-order chi connectivity index (χ1) is 4.57. The average molecular weight is 159 g/mol. The van der Waals surface area contributed by atoms with E-state index in [1.54, 1.807) is 0 Å². The lowest BCUT2D eigenvalue weighted by Gasteiger charge is -2.02. The molecule has 0 saturated carbocycles. The fraction of sp³-hybridized carbons (Fsp3) is 0.333. The van der Waals surface area contributed by atoms with E-state index in [1.807, 2.05) is 0 Å². The van der Waals surface area contributed by atoms with Gasteiger partial charge in [-0.3, -0.25) is 9.79 Å². The third-order valence-electron chi connectivity index (χ3n) is 0.938. The number of hydrogen-bond acceptors (Lipinski definition) is 3. The first-order valence-corrected chi connectivity index (χ1v) is 3.15. The Morgan fingerprint density at radius 1 is 1.80 bits per heavy atom. The topological polar surface area (TPSA) is 49.7 Å². The summed E-state index contributed by atoms with van der Waals surface area (Å²) < 4.78 is 0. The van der Waals surface area contributed by atoms with Gasteiger partial charge in [-0.05, 0) is 6.72 Å². The van der Waals surface area contributed by atoms with E-state index in [4.69, 9.17) is 5.11 Å². The molecule has 1 atom stereocenters. The Hall–Kier alpha value is -0.770. The molecule has 56 valence electrons. The largest absolute Gasteiger partial charge is 0.480 e. The number of nitrogens with zero attached hydrogens (tertiary/aromatic N) is 1. The lowest BCUT2D eigenvalue weighted by molar-refractivity contribution is -0.136. The van der Waals surface area contributed by atoms with Crippen molar-refractivity contribution in [1.29, 1.82) is 0 Å². The fourth-order valence-electron chi connectivity index (χ4n) is 0.375. The molecular weight excluding hydrogens is 150 g/mol. The van der Waals surface area contributed by atoms with Gasteiger partial charge in [-0.1, -0.05) is 6.58 Å². The number of thiol groups is 1. The van der Waals surface area contributed by atoms with Crippen molar-refractivity contribution in [2.75, 3.05) is 0 Å². The van der Waals surface area contributed by atoms with Gasteiger partial charge >= 0.3 is 5.97 Å². The van der Waals surface area contributed by atoms with Crippen LogP contribution in [0.25, 0.3) is 0 Å². The van der Waals surface area contributed by atoms with E-state index in [1.165, 1.54) is 0 Å². The highest BCUT2D eigenvalue weighted by Crippen LogP contribution is 2.08. The van der Waals surface area contributed by atoms with Gasteiger partial charge in [0.2, 0.25) is 0 Å². The normalized spacial score (nSPS) is 12.1. The molecule has 0 aliphatic rings. The smallest absolute Gasteiger partial charge is 0.316 e. The minimum absolute atomic E-state index is 0.238. The van der Waals surface area contributed by atoms with Crippen LogP contribution in [0.15, 0.2) is 17.3 Å². The SMILES string of the molecule is C=NC(=C)C[C@H](S)C(=O)O. The number of carboxylic acid groups (broad SMARTS) is 1. The van der Waals surface area contributed by atoms with Crippen molar-refractivity contribution >= 4 is 25.3 Å². The van der Waals surface area contributed by atoms with Crippen LogP contribution in [-0.2, 0) is 4.79 Å². The zero-order valence-corrected chi connectivity index (χ0v) is 6.34. The third-order valence-corrected chi connectivity index (χ3v) is 1.34. The summed E-state index contributed by atoms with van der Waals surface area (Å²) in [5.41, 5.74) is 0.447. The van der Waals surface area contributed by atoms with Gasteiger partial charge in [-0.15, -0.1) is 0 Å². The lowest BCUT2D eigenvalue weighted by atomic mass is 10.2. The summed E-state index contributed by atoms with van der Waals surface area (Å²) in [6.07, 6.45) is 0.238. The van der Waals surface area contributed by atoms with Crippen LogP contribution in [0.5, 0.6) is 0 Å². The summed E-state index contributed by atoms with van der Waals surface area (Å²) in [7, 11) is 0. The van der Waals surface area contributed by atoms with Crippen molar-refractivity contribution in [1.82, 2.24) is 0 Å². The Bertz CT molecular complexity index is 167. The molecule has 0 aromatic rings. The predicted molar refractivity (Wildman–Crippen MR) is 43.7 cm³/mol. The van der Waals surface area contributed by atoms with Gasteiger partial charge in [0.25, 0.3) is 0 Å². The van der Waals surface area contributed by atoms with E-state index in [0.29, 0.717) is 5.70 Å². The van der Waals surface area contributed by atoms with Crippen molar-refractivity contribution < 1.29 is 9.90 Å². The van der Waals surface area contributed by atoms with Gasteiger partial charge in [0.1, 0.15) is 5.25 Å². The first-order valence-electron chi connectivity index (χ1n) is 2.63. The molecule has 10 heavy (non-hydrogen) atoms. The second kappa shape index (κ2) is 4.11. The van der Waals surface area contributed by atoms with E-state index < -0.39 is 11.2 Å². The van der Waals surface area contributed by atoms with Crippen molar-refractivity contribution in [3.05, 3.63) is 12.3 Å². The molecule has 0 radical (unpaired) electrons. The van der Waals surface area contributed by atoms with Crippen LogP contribution in [0.1, 0.15) is 6.42 Å². The highest BCUT2D eigenvalue weighted by molar-refractivity contribution is 7.81. The second-order valence-electron chi connectivity index (χ2n) is 1.78. The lowest BCUT2D eigenvalue weighted by Crippen LogP contribution is -2.13. The first kappa shape index (κ1) is 9.23. The molecule has 0 aromatic heterocycles. The van der Waals surface area contributed by atoms with Gasteiger partial charge < -0.3 is 5.11 Å². The van der Waals surface area contributed by atoms with Crippen LogP contribution in [0.4, 0.5) is 0 Å². The summed E-state index contributed by atoms with van der Waals surface area (Å²) in [4.78, 5) is 13.6. The maximum atomic E-state index is 10.2. The molecular formula is C6H9NO2S. The molecule has 1 N–H and O–H groups in total. The maximum absolute atomic E-state index is 10.2. The molecule has 0 unspecified atom stereocenters. The van der Waals surface area contributed by atoms with E-state index in [-0.39, 0.29) is 6.42 Å². The van der Waals surface area contributed by atoms with Crippen molar-refractivity contribution in [3.8, 4) is 0 Å². The van der Waals surface area contributed by atoms with Crippen LogP contribution >= 0.6 is 12.6 Å². The van der Waals surface area contributed by atoms with E-state index in [9.17, 15) is 4.79 Å². The van der Waals surface area contributed by atoms with Crippen LogP contribution in [-0.4, -0.2) is 23.0 Å². The zero-order valence-electron chi connectivity index (χ0n) is 5.45. The van der Waals surface area contributed by atoms with E-state index in [0.717, 1.165) is 0 Å². The fourth-order valence-corrected chi connectivity index (χ4v) is 0.586. The number of aliphatic imine (C=N–C) groups is 1. The number of aliphatic carboxylic acids is 1. The second-order valence-corrected chi connectivity index (χ2v) is 2.41. The van der Waals surface area contributed by atoms with Gasteiger partial charge in [-0.2, -0.15) is 12.6 Å². The summed E-state index contributed by atoms with van der Waals surface area (Å²) >= 11 is 3.77. The van der Waals surface area contributed by atoms with Crippen LogP contribution in [0.2, 0.25) is 0 Å².